The molecule has 1 aromatic rings. The van der Waals surface area contributed by atoms with Crippen molar-refractivity contribution < 1.29 is 4.39 Å². The molecule has 0 spiro atoms. The molecule has 0 saturated heterocycles. The lowest BCUT2D eigenvalue weighted by Crippen LogP contribution is -2.09. The molecule has 0 heterocycles. The molecule has 0 aliphatic heterocycles. The molecule has 13 heavy (non-hydrogen) atoms. The predicted octanol–water partition coefficient (Wildman–Crippen LogP) is 3.07. The van der Waals surface area contributed by atoms with Crippen molar-refractivity contribution in [1.82, 2.24) is 0 Å². The number of halogens is 1. The molecular formula is C11H12FN. The van der Waals surface area contributed by atoms with Crippen LogP contribution in [0.1, 0.15) is 30.5 Å². The third-order valence-electron chi connectivity index (χ3n) is 2.04. The molecular weight excluding hydrogens is 165 g/mol. The molecule has 0 aromatic heterocycles. The number of nitriles is 1. The molecule has 2 heteroatoms. The third-order valence-corrected chi connectivity index (χ3v) is 2.04. The van der Waals surface area contributed by atoms with E-state index in [4.69, 9.17) is 5.26 Å². The van der Waals surface area contributed by atoms with Crippen molar-refractivity contribution in [1.29, 1.82) is 5.26 Å². The Balaban J connectivity index is 3.24. The van der Waals surface area contributed by atoms with Gasteiger partial charge in [-0.1, -0.05) is 12.1 Å². The van der Waals surface area contributed by atoms with Crippen LogP contribution < -0.4 is 0 Å². The van der Waals surface area contributed by atoms with Gasteiger partial charge in [0.2, 0.25) is 0 Å². The van der Waals surface area contributed by atoms with E-state index in [2.05, 4.69) is 0 Å². The van der Waals surface area contributed by atoms with Crippen molar-refractivity contribution in [2.45, 2.75) is 26.4 Å². The maximum absolute atomic E-state index is 13.5. The van der Waals surface area contributed by atoms with Gasteiger partial charge in [0.05, 0.1) is 11.6 Å². The highest BCUT2D eigenvalue weighted by Gasteiger charge is 2.19. The number of nitrogens with zero attached hydrogens (tertiary/aromatic N) is 1. The van der Waals surface area contributed by atoms with Crippen molar-refractivity contribution in [3.8, 4) is 6.07 Å². The SMILES string of the molecule is Cc1ccc(C(C)(C)F)cc1C#N. The molecule has 0 saturated carbocycles. The zero-order valence-corrected chi connectivity index (χ0v) is 8.06. The molecule has 0 unspecified atom stereocenters. The second-order valence-electron chi connectivity index (χ2n) is 3.61. The van der Waals surface area contributed by atoms with Crippen LogP contribution in [0.15, 0.2) is 18.2 Å². The quantitative estimate of drug-likeness (QED) is 0.646. The van der Waals surface area contributed by atoms with E-state index in [-0.39, 0.29) is 0 Å². The second-order valence-corrected chi connectivity index (χ2v) is 3.61. The second kappa shape index (κ2) is 3.18. The van der Waals surface area contributed by atoms with Gasteiger partial charge in [0.25, 0.3) is 0 Å². The standard InChI is InChI=1S/C11H12FN/c1-8-4-5-10(11(2,3)12)6-9(8)7-13/h4-6H,1-3H3. The van der Waals surface area contributed by atoms with E-state index in [9.17, 15) is 4.39 Å². The number of hydrogen-bond donors (Lipinski definition) is 0. The molecule has 0 aliphatic rings. The first-order valence-electron chi connectivity index (χ1n) is 4.15. The first-order valence-corrected chi connectivity index (χ1v) is 4.15. The summed E-state index contributed by atoms with van der Waals surface area (Å²) in [6.45, 7) is 4.81. The van der Waals surface area contributed by atoms with Gasteiger partial charge >= 0.3 is 0 Å². The number of aryl methyl sites for hydroxylation is 1. The van der Waals surface area contributed by atoms with Crippen LogP contribution in [-0.4, -0.2) is 0 Å². The smallest absolute Gasteiger partial charge is 0.130 e. The van der Waals surface area contributed by atoms with Crippen LogP contribution in [0.4, 0.5) is 4.39 Å². The zero-order chi connectivity index (χ0) is 10.1. The van der Waals surface area contributed by atoms with Gasteiger partial charge in [-0.3, -0.25) is 0 Å². The molecule has 68 valence electrons. The Morgan fingerprint density at radius 2 is 2.00 bits per heavy atom. The van der Waals surface area contributed by atoms with E-state index in [1.54, 1.807) is 18.2 Å². The Kier molecular flexibility index (Phi) is 2.38. The van der Waals surface area contributed by atoms with Crippen LogP contribution in [0.3, 0.4) is 0 Å². The van der Waals surface area contributed by atoms with Crippen LogP contribution in [-0.2, 0) is 5.67 Å². The first kappa shape index (κ1) is 9.73. The van der Waals surface area contributed by atoms with Crippen molar-refractivity contribution in [3.63, 3.8) is 0 Å². The lowest BCUT2D eigenvalue weighted by Gasteiger charge is -2.15. The summed E-state index contributed by atoms with van der Waals surface area (Å²) in [4.78, 5) is 0. The van der Waals surface area contributed by atoms with Gasteiger partial charge in [0, 0.05) is 0 Å². The first-order chi connectivity index (χ1) is 5.95. The monoisotopic (exact) mass is 177 g/mol. The van der Waals surface area contributed by atoms with Gasteiger partial charge in [0.1, 0.15) is 5.67 Å². The summed E-state index contributed by atoms with van der Waals surface area (Å²) in [5, 5.41) is 8.74. The number of rotatable bonds is 1. The Labute approximate surface area is 77.8 Å². The van der Waals surface area contributed by atoms with E-state index < -0.39 is 5.67 Å². The summed E-state index contributed by atoms with van der Waals surface area (Å²) in [6, 6.07) is 7.14. The van der Waals surface area contributed by atoms with Gasteiger partial charge in [-0.15, -0.1) is 0 Å². The van der Waals surface area contributed by atoms with Crippen molar-refractivity contribution in [2.24, 2.45) is 0 Å². The Bertz CT molecular complexity index is 355. The topological polar surface area (TPSA) is 23.8 Å². The fourth-order valence-corrected chi connectivity index (χ4v) is 1.11. The van der Waals surface area contributed by atoms with Gasteiger partial charge < -0.3 is 0 Å². The maximum atomic E-state index is 13.5. The van der Waals surface area contributed by atoms with E-state index >= 15 is 0 Å². The lowest BCUT2D eigenvalue weighted by molar-refractivity contribution is 0.221. The van der Waals surface area contributed by atoms with Gasteiger partial charge in [-0.25, -0.2) is 4.39 Å². The molecule has 1 rings (SSSR count). The van der Waals surface area contributed by atoms with Crippen LogP contribution >= 0.6 is 0 Å². The zero-order valence-electron chi connectivity index (χ0n) is 8.06. The molecule has 0 bridgehead atoms. The molecule has 0 N–H and O–H groups in total. The minimum Gasteiger partial charge on any atom is -0.239 e. The van der Waals surface area contributed by atoms with Crippen LogP contribution in [0.25, 0.3) is 0 Å². The van der Waals surface area contributed by atoms with E-state index in [1.807, 2.05) is 13.0 Å². The van der Waals surface area contributed by atoms with Crippen molar-refractivity contribution in [3.05, 3.63) is 34.9 Å². The normalized spacial score (nSPS) is 11.0. The van der Waals surface area contributed by atoms with E-state index in [0.717, 1.165) is 5.56 Å². The molecule has 1 nitrogen and oxygen atoms in total. The highest BCUT2D eigenvalue weighted by molar-refractivity contribution is 5.41. The molecule has 0 aliphatic carbocycles. The fourth-order valence-electron chi connectivity index (χ4n) is 1.11. The molecule has 0 amide bonds. The predicted molar refractivity (Wildman–Crippen MR) is 50.0 cm³/mol. The fraction of sp³-hybridized carbons (Fsp3) is 0.364. The Morgan fingerprint density at radius 1 is 1.38 bits per heavy atom. The minimum atomic E-state index is -1.38. The average Bonchev–Trinajstić information content (AvgIpc) is 2.03. The molecule has 0 radical (unpaired) electrons. The number of hydrogen-bond acceptors (Lipinski definition) is 1. The summed E-state index contributed by atoms with van der Waals surface area (Å²) in [5.41, 5.74) is 0.604. The summed E-state index contributed by atoms with van der Waals surface area (Å²) in [6.07, 6.45) is 0. The maximum Gasteiger partial charge on any atom is 0.130 e. The third kappa shape index (κ3) is 2.06. The van der Waals surface area contributed by atoms with Crippen LogP contribution in [0.2, 0.25) is 0 Å². The average molecular weight is 177 g/mol. The van der Waals surface area contributed by atoms with Gasteiger partial charge in [-0.2, -0.15) is 5.26 Å². The van der Waals surface area contributed by atoms with E-state index in [0.29, 0.717) is 11.1 Å². The van der Waals surface area contributed by atoms with Crippen LogP contribution in [0.5, 0.6) is 0 Å². The summed E-state index contributed by atoms with van der Waals surface area (Å²) >= 11 is 0. The van der Waals surface area contributed by atoms with Crippen LogP contribution in [0, 0.1) is 18.3 Å². The minimum absolute atomic E-state index is 0.545. The van der Waals surface area contributed by atoms with E-state index in [1.165, 1.54) is 13.8 Å². The van der Waals surface area contributed by atoms with Gasteiger partial charge in [-0.05, 0) is 38.0 Å². The number of benzene rings is 1. The lowest BCUT2D eigenvalue weighted by atomic mass is 9.96. The summed E-state index contributed by atoms with van der Waals surface area (Å²) < 4.78 is 13.5. The summed E-state index contributed by atoms with van der Waals surface area (Å²) in [5.74, 6) is 0. The highest BCUT2D eigenvalue weighted by Crippen LogP contribution is 2.25. The van der Waals surface area contributed by atoms with Gasteiger partial charge in [0.15, 0.2) is 0 Å². The molecule has 0 atom stereocenters. The summed E-state index contributed by atoms with van der Waals surface area (Å²) in [7, 11) is 0. The van der Waals surface area contributed by atoms with Crippen molar-refractivity contribution >= 4 is 0 Å². The molecule has 0 fully saturated rings. The molecule has 1 aromatic carbocycles. The van der Waals surface area contributed by atoms with Crippen molar-refractivity contribution in [2.75, 3.05) is 0 Å². The number of alkyl halides is 1. The highest BCUT2D eigenvalue weighted by atomic mass is 19.1. The largest absolute Gasteiger partial charge is 0.239 e. The Hall–Kier alpha value is -1.36. The Morgan fingerprint density at radius 3 is 2.46 bits per heavy atom.